The van der Waals surface area contributed by atoms with E-state index in [1.54, 1.807) is 25.1 Å². The van der Waals surface area contributed by atoms with Crippen LogP contribution in [0.25, 0.3) is 5.69 Å². The molecule has 4 aromatic rings. The van der Waals surface area contributed by atoms with Gasteiger partial charge in [-0.1, -0.05) is 23.7 Å². The topological polar surface area (TPSA) is 101 Å². The zero-order chi connectivity index (χ0) is 24.5. The minimum atomic E-state index is -1.02. The van der Waals surface area contributed by atoms with Gasteiger partial charge in [0.15, 0.2) is 11.5 Å². The number of nitrogens with zero attached hydrogens (tertiary/aromatic N) is 4. The minimum Gasteiger partial charge on any atom is -0.493 e. The SMILES string of the molecule is COc1cccc([C@H]2O[C@H](CCn3cc(C(=O)O)cn3)c3nccn3-c3ccc(Cl)cc32)c1OC. The molecule has 2 aromatic heterocycles. The number of fused-ring (bicyclic) bond motifs is 3. The van der Waals surface area contributed by atoms with E-state index >= 15 is 0 Å². The Kier molecular flexibility index (Phi) is 6.19. The molecular formula is C25H23ClN4O5. The van der Waals surface area contributed by atoms with E-state index in [0.717, 1.165) is 22.6 Å². The van der Waals surface area contributed by atoms with Crippen LogP contribution in [0.5, 0.6) is 11.5 Å². The fourth-order valence-corrected chi connectivity index (χ4v) is 4.59. The van der Waals surface area contributed by atoms with Crippen LogP contribution < -0.4 is 9.47 Å². The lowest BCUT2D eigenvalue weighted by molar-refractivity contribution is -0.00408. The highest BCUT2D eigenvalue weighted by Gasteiger charge is 2.33. The number of imidazole rings is 1. The Bertz CT molecular complexity index is 1380. The summed E-state index contributed by atoms with van der Waals surface area (Å²) in [7, 11) is 3.19. The Morgan fingerprint density at radius 3 is 2.80 bits per heavy atom. The summed E-state index contributed by atoms with van der Waals surface area (Å²) in [5, 5.41) is 14.0. The number of hydrogen-bond acceptors (Lipinski definition) is 6. The lowest BCUT2D eigenvalue weighted by Gasteiger charge is -2.25. The van der Waals surface area contributed by atoms with Gasteiger partial charge in [0.1, 0.15) is 18.0 Å². The first-order valence-corrected chi connectivity index (χ1v) is 11.3. The molecule has 3 heterocycles. The highest BCUT2D eigenvalue weighted by molar-refractivity contribution is 6.30. The van der Waals surface area contributed by atoms with Crippen LogP contribution in [0.2, 0.25) is 5.02 Å². The van der Waals surface area contributed by atoms with Gasteiger partial charge in [-0.25, -0.2) is 9.78 Å². The van der Waals surface area contributed by atoms with Gasteiger partial charge >= 0.3 is 5.97 Å². The molecule has 0 spiro atoms. The highest BCUT2D eigenvalue weighted by atomic mass is 35.5. The van der Waals surface area contributed by atoms with E-state index in [2.05, 4.69) is 10.1 Å². The molecule has 1 aliphatic heterocycles. The molecule has 0 saturated carbocycles. The number of aromatic carboxylic acids is 1. The Labute approximate surface area is 206 Å². The second-order valence-corrected chi connectivity index (χ2v) is 8.47. The van der Waals surface area contributed by atoms with Crippen molar-refractivity contribution in [1.82, 2.24) is 19.3 Å². The van der Waals surface area contributed by atoms with Crippen molar-refractivity contribution in [2.75, 3.05) is 14.2 Å². The molecule has 0 unspecified atom stereocenters. The minimum absolute atomic E-state index is 0.134. The number of carbonyl (C=O) groups is 1. The number of methoxy groups -OCH3 is 2. The van der Waals surface area contributed by atoms with E-state index in [9.17, 15) is 9.90 Å². The first-order chi connectivity index (χ1) is 17.0. The van der Waals surface area contributed by atoms with E-state index in [4.69, 9.17) is 25.8 Å². The van der Waals surface area contributed by atoms with Crippen molar-refractivity contribution in [2.24, 2.45) is 0 Å². The van der Waals surface area contributed by atoms with Gasteiger partial charge in [0.05, 0.1) is 31.7 Å². The third-order valence-corrected chi connectivity index (χ3v) is 6.24. The van der Waals surface area contributed by atoms with Gasteiger partial charge in [0.2, 0.25) is 0 Å². The summed E-state index contributed by atoms with van der Waals surface area (Å²) in [6.07, 6.45) is 5.99. The molecule has 35 heavy (non-hydrogen) atoms. The zero-order valence-corrected chi connectivity index (χ0v) is 19.8. The number of benzene rings is 2. The number of halogens is 1. The zero-order valence-electron chi connectivity index (χ0n) is 19.1. The molecule has 0 fully saturated rings. The van der Waals surface area contributed by atoms with Crippen LogP contribution in [-0.4, -0.2) is 44.6 Å². The first kappa shape index (κ1) is 22.9. The van der Waals surface area contributed by atoms with Crippen LogP contribution in [-0.2, 0) is 11.3 Å². The fraction of sp³-hybridized carbons (Fsp3) is 0.240. The van der Waals surface area contributed by atoms with E-state index in [0.29, 0.717) is 29.5 Å². The predicted molar refractivity (Wildman–Crippen MR) is 128 cm³/mol. The van der Waals surface area contributed by atoms with Gasteiger partial charge in [0, 0.05) is 47.7 Å². The van der Waals surface area contributed by atoms with Crippen LogP contribution in [0.1, 0.15) is 45.9 Å². The summed E-state index contributed by atoms with van der Waals surface area (Å²) in [5.41, 5.74) is 2.68. The van der Waals surface area contributed by atoms with Crippen LogP contribution in [0.15, 0.2) is 61.2 Å². The van der Waals surface area contributed by atoms with Crippen LogP contribution in [0.3, 0.4) is 0 Å². The summed E-state index contributed by atoms with van der Waals surface area (Å²) in [6.45, 7) is 0.434. The summed E-state index contributed by atoms with van der Waals surface area (Å²) in [5.74, 6) is 0.870. The number of aromatic nitrogens is 4. The molecule has 9 nitrogen and oxygen atoms in total. The fourth-order valence-electron chi connectivity index (χ4n) is 4.41. The maximum absolute atomic E-state index is 11.2. The van der Waals surface area contributed by atoms with Crippen LogP contribution in [0, 0.1) is 0 Å². The van der Waals surface area contributed by atoms with E-state index in [1.807, 2.05) is 47.2 Å². The van der Waals surface area contributed by atoms with Crippen molar-refractivity contribution in [2.45, 2.75) is 25.2 Å². The smallest absolute Gasteiger partial charge is 0.338 e. The molecule has 0 bridgehead atoms. The maximum atomic E-state index is 11.2. The van der Waals surface area contributed by atoms with Crippen molar-refractivity contribution >= 4 is 17.6 Å². The molecule has 0 aliphatic carbocycles. The van der Waals surface area contributed by atoms with Crippen LogP contribution in [0.4, 0.5) is 0 Å². The lowest BCUT2D eigenvalue weighted by atomic mass is 9.98. The number of para-hydroxylation sites is 1. The Morgan fingerprint density at radius 1 is 1.20 bits per heavy atom. The molecule has 1 aliphatic rings. The summed E-state index contributed by atoms with van der Waals surface area (Å²) in [6, 6.07) is 11.3. The molecule has 0 amide bonds. The number of hydrogen-bond donors (Lipinski definition) is 1. The van der Waals surface area contributed by atoms with Crippen LogP contribution >= 0.6 is 11.6 Å². The van der Waals surface area contributed by atoms with Crippen molar-refractivity contribution in [3.8, 4) is 17.2 Å². The summed E-state index contributed by atoms with van der Waals surface area (Å²) < 4.78 is 21.6. The summed E-state index contributed by atoms with van der Waals surface area (Å²) in [4.78, 5) is 15.8. The van der Waals surface area contributed by atoms with Crippen molar-refractivity contribution < 1.29 is 24.1 Å². The molecule has 0 radical (unpaired) electrons. The Hall–Kier alpha value is -3.82. The lowest BCUT2D eigenvalue weighted by Crippen LogP contribution is -2.15. The molecule has 2 atom stereocenters. The molecule has 1 N–H and O–H groups in total. The largest absolute Gasteiger partial charge is 0.493 e. The monoisotopic (exact) mass is 494 g/mol. The quantitative estimate of drug-likeness (QED) is 0.397. The number of rotatable bonds is 7. The molecule has 5 rings (SSSR count). The number of carboxylic acid groups (broad SMARTS) is 1. The third kappa shape index (κ3) is 4.24. The average molecular weight is 495 g/mol. The number of carboxylic acids is 1. The van der Waals surface area contributed by atoms with Gasteiger partial charge in [0.25, 0.3) is 0 Å². The highest BCUT2D eigenvalue weighted by Crippen LogP contribution is 2.46. The first-order valence-electron chi connectivity index (χ1n) is 10.9. The molecule has 180 valence electrons. The van der Waals surface area contributed by atoms with Gasteiger partial charge < -0.3 is 23.9 Å². The normalized spacial score (nSPS) is 16.8. The predicted octanol–water partition coefficient (Wildman–Crippen LogP) is 4.69. The average Bonchev–Trinajstić information content (AvgIpc) is 3.52. The summed E-state index contributed by atoms with van der Waals surface area (Å²) >= 11 is 6.43. The van der Waals surface area contributed by atoms with Crippen molar-refractivity contribution in [3.05, 3.63) is 88.7 Å². The second kappa shape index (κ2) is 9.44. The van der Waals surface area contributed by atoms with Gasteiger partial charge in [-0.2, -0.15) is 5.10 Å². The van der Waals surface area contributed by atoms with E-state index in [1.165, 1.54) is 12.4 Å². The van der Waals surface area contributed by atoms with Crippen molar-refractivity contribution in [3.63, 3.8) is 0 Å². The maximum Gasteiger partial charge on any atom is 0.338 e. The Balaban J connectivity index is 1.59. The number of aryl methyl sites for hydroxylation is 1. The number of ether oxygens (including phenoxy) is 3. The van der Waals surface area contributed by atoms with E-state index < -0.39 is 18.2 Å². The van der Waals surface area contributed by atoms with Gasteiger partial charge in [-0.3, -0.25) is 4.68 Å². The second-order valence-electron chi connectivity index (χ2n) is 8.03. The van der Waals surface area contributed by atoms with Gasteiger partial charge in [-0.05, 0) is 24.3 Å². The van der Waals surface area contributed by atoms with Gasteiger partial charge in [-0.15, -0.1) is 0 Å². The van der Waals surface area contributed by atoms with E-state index in [-0.39, 0.29) is 5.56 Å². The molecule has 0 saturated heterocycles. The molecule has 10 heteroatoms. The van der Waals surface area contributed by atoms with Crippen molar-refractivity contribution in [1.29, 1.82) is 0 Å². The standard InChI is InChI=1S/C25H23ClN4O5/c1-33-20-5-3-4-17(23(20)34-2)22-18-12-16(26)6-7-19(18)30-11-9-27-24(30)21(35-22)8-10-29-14-15(13-28-29)25(31)32/h3-7,9,11-14,21-22H,8,10H2,1-2H3,(H,31,32)/t21-,22-/m1/s1. The molecule has 2 aromatic carbocycles. The third-order valence-electron chi connectivity index (χ3n) is 6.01. The Morgan fingerprint density at radius 2 is 2.06 bits per heavy atom. The molecular weight excluding hydrogens is 472 g/mol.